The van der Waals surface area contributed by atoms with Crippen LogP contribution in [0.1, 0.15) is 12.5 Å². The summed E-state index contributed by atoms with van der Waals surface area (Å²) in [7, 11) is 0. The van der Waals surface area contributed by atoms with E-state index in [2.05, 4.69) is 10.3 Å². The summed E-state index contributed by atoms with van der Waals surface area (Å²) >= 11 is 0. The van der Waals surface area contributed by atoms with Crippen molar-refractivity contribution >= 4 is 6.09 Å². The van der Waals surface area contributed by atoms with Gasteiger partial charge in [-0.3, -0.25) is 4.98 Å². The van der Waals surface area contributed by atoms with E-state index in [1.54, 1.807) is 6.92 Å². The number of hydrogen-bond acceptors (Lipinski definition) is 3. The molecule has 1 fully saturated rings. The monoisotopic (exact) mass is 196 g/mol. The SMILES string of the molecule is CC1(c2cncc(F)c2)COC(=O)N1. The minimum absolute atomic E-state index is 0.191. The number of alkyl carbamates (subject to hydrolysis) is 1. The quantitative estimate of drug-likeness (QED) is 0.733. The average molecular weight is 196 g/mol. The van der Waals surface area contributed by atoms with Gasteiger partial charge in [0.05, 0.1) is 6.20 Å². The molecule has 1 saturated heterocycles. The molecule has 74 valence electrons. The minimum Gasteiger partial charge on any atom is -0.447 e. The molecule has 1 aliphatic rings. The van der Waals surface area contributed by atoms with Crippen molar-refractivity contribution in [2.75, 3.05) is 6.61 Å². The fraction of sp³-hybridized carbons (Fsp3) is 0.333. The summed E-state index contributed by atoms with van der Waals surface area (Å²) < 4.78 is 17.6. The second kappa shape index (κ2) is 2.94. The molecule has 4 nitrogen and oxygen atoms in total. The number of halogens is 1. The molecule has 0 aromatic carbocycles. The highest BCUT2D eigenvalue weighted by molar-refractivity contribution is 5.71. The van der Waals surface area contributed by atoms with Gasteiger partial charge in [-0.25, -0.2) is 9.18 Å². The van der Waals surface area contributed by atoms with Crippen LogP contribution in [0.2, 0.25) is 0 Å². The van der Waals surface area contributed by atoms with Gasteiger partial charge in [0.15, 0.2) is 0 Å². The molecule has 0 spiro atoms. The molecule has 2 heterocycles. The van der Waals surface area contributed by atoms with Gasteiger partial charge in [-0.2, -0.15) is 0 Å². The van der Waals surface area contributed by atoms with Crippen LogP contribution in [0.3, 0.4) is 0 Å². The first-order chi connectivity index (χ1) is 6.60. The van der Waals surface area contributed by atoms with Crippen molar-refractivity contribution in [1.29, 1.82) is 0 Å². The van der Waals surface area contributed by atoms with Crippen LogP contribution in [-0.4, -0.2) is 17.7 Å². The molecule has 1 amide bonds. The van der Waals surface area contributed by atoms with Crippen LogP contribution >= 0.6 is 0 Å². The Hall–Kier alpha value is -1.65. The Morgan fingerprint density at radius 2 is 2.43 bits per heavy atom. The Bertz CT molecular complexity index is 383. The van der Waals surface area contributed by atoms with E-state index in [4.69, 9.17) is 4.74 Å². The third kappa shape index (κ3) is 1.41. The van der Waals surface area contributed by atoms with Crippen molar-refractivity contribution in [2.45, 2.75) is 12.5 Å². The number of hydrogen-bond donors (Lipinski definition) is 1. The Labute approximate surface area is 80.1 Å². The van der Waals surface area contributed by atoms with Crippen LogP contribution in [0.5, 0.6) is 0 Å². The predicted molar refractivity (Wildman–Crippen MR) is 46.0 cm³/mol. The first-order valence-electron chi connectivity index (χ1n) is 4.16. The topological polar surface area (TPSA) is 51.2 Å². The average Bonchev–Trinajstić information content (AvgIpc) is 2.48. The number of amides is 1. The van der Waals surface area contributed by atoms with Gasteiger partial charge in [-0.1, -0.05) is 0 Å². The van der Waals surface area contributed by atoms with E-state index in [1.165, 1.54) is 12.3 Å². The summed E-state index contributed by atoms with van der Waals surface area (Å²) in [5.41, 5.74) is -0.0741. The molecular weight excluding hydrogens is 187 g/mol. The number of pyridine rings is 1. The van der Waals surface area contributed by atoms with Crippen molar-refractivity contribution < 1.29 is 13.9 Å². The molecule has 1 N–H and O–H groups in total. The first kappa shape index (κ1) is 8.93. The number of carbonyl (C=O) groups is 1. The lowest BCUT2D eigenvalue weighted by atomic mass is 9.95. The van der Waals surface area contributed by atoms with Gasteiger partial charge in [-0.15, -0.1) is 0 Å². The summed E-state index contributed by atoms with van der Waals surface area (Å²) in [6.45, 7) is 1.95. The van der Waals surface area contributed by atoms with Crippen LogP contribution < -0.4 is 5.32 Å². The number of rotatable bonds is 1. The zero-order valence-corrected chi connectivity index (χ0v) is 7.58. The van der Waals surface area contributed by atoms with E-state index in [9.17, 15) is 9.18 Å². The highest BCUT2D eigenvalue weighted by Crippen LogP contribution is 2.24. The molecule has 0 aliphatic carbocycles. The summed E-state index contributed by atoms with van der Waals surface area (Å²) in [6.07, 6.45) is 2.14. The Morgan fingerprint density at radius 1 is 1.64 bits per heavy atom. The number of nitrogens with one attached hydrogen (secondary N) is 1. The molecule has 0 saturated carbocycles. The second-order valence-corrected chi connectivity index (χ2v) is 3.43. The molecule has 1 atom stereocenters. The standard InChI is InChI=1S/C9H9FN2O2/c1-9(5-14-8(13)12-9)6-2-7(10)4-11-3-6/h2-4H,5H2,1H3,(H,12,13). The number of nitrogens with zero attached hydrogens (tertiary/aromatic N) is 1. The predicted octanol–water partition coefficient (Wildman–Crippen LogP) is 1.18. The molecule has 1 aliphatic heterocycles. The van der Waals surface area contributed by atoms with Crippen LogP contribution in [-0.2, 0) is 10.3 Å². The van der Waals surface area contributed by atoms with Crippen molar-refractivity contribution in [1.82, 2.24) is 10.3 Å². The molecule has 14 heavy (non-hydrogen) atoms. The minimum atomic E-state index is -0.674. The van der Waals surface area contributed by atoms with E-state index in [0.717, 1.165) is 6.20 Å². The molecule has 2 rings (SSSR count). The molecule has 1 aromatic rings. The van der Waals surface area contributed by atoms with Crippen molar-refractivity contribution in [3.8, 4) is 0 Å². The number of cyclic esters (lactones) is 1. The molecule has 0 bridgehead atoms. The van der Waals surface area contributed by atoms with Gasteiger partial charge in [0, 0.05) is 11.8 Å². The lowest BCUT2D eigenvalue weighted by Gasteiger charge is -2.20. The van der Waals surface area contributed by atoms with Gasteiger partial charge in [-0.05, 0) is 13.0 Å². The fourth-order valence-corrected chi connectivity index (χ4v) is 1.38. The Morgan fingerprint density at radius 3 is 3.00 bits per heavy atom. The van der Waals surface area contributed by atoms with Crippen LogP contribution in [0.4, 0.5) is 9.18 Å². The largest absolute Gasteiger partial charge is 0.447 e. The third-order valence-electron chi connectivity index (χ3n) is 2.21. The summed E-state index contributed by atoms with van der Waals surface area (Å²) in [5, 5.41) is 2.61. The van der Waals surface area contributed by atoms with Gasteiger partial charge in [0.2, 0.25) is 0 Å². The van der Waals surface area contributed by atoms with E-state index in [0.29, 0.717) is 5.56 Å². The molecule has 0 radical (unpaired) electrons. The highest BCUT2D eigenvalue weighted by Gasteiger charge is 2.36. The maximum Gasteiger partial charge on any atom is 0.408 e. The van der Waals surface area contributed by atoms with Gasteiger partial charge in [0.25, 0.3) is 0 Å². The van der Waals surface area contributed by atoms with Crippen LogP contribution in [0.15, 0.2) is 18.5 Å². The maximum atomic E-state index is 12.9. The second-order valence-electron chi connectivity index (χ2n) is 3.43. The summed E-state index contributed by atoms with van der Waals surface area (Å²) in [6, 6.07) is 1.34. The lowest BCUT2D eigenvalue weighted by molar-refractivity contribution is 0.173. The van der Waals surface area contributed by atoms with Crippen LogP contribution in [0.25, 0.3) is 0 Å². The summed E-state index contributed by atoms with van der Waals surface area (Å²) in [5.74, 6) is -0.426. The normalized spacial score (nSPS) is 25.7. The maximum absolute atomic E-state index is 12.9. The Kier molecular flexibility index (Phi) is 1.87. The number of aromatic nitrogens is 1. The smallest absolute Gasteiger partial charge is 0.408 e. The van der Waals surface area contributed by atoms with Crippen molar-refractivity contribution in [3.63, 3.8) is 0 Å². The highest BCUT2D eigenvalue weighted by atomic mass is 19.1. The van der Waals surface area contributed by atoms with Crippen molar-refractivity contribution in [2.24, 2.45) is 0 Å². The van der Waals surface area contributed by atoms with Gasteiger partial charge in [0.1, 0.15) is 18.0 Å². The van der Waals surface area contributed by atoms with Crippen LogP contribution in [0, 0.1) is 5.82 Å². The van der Waals surface area contributed by atoms with E-state index in [-0.39, 0.29) is 6.61 Å². The third-order valence-corrected chi connectivity index (χ3v) is 2.21. The fourth-order valence-electron chi connectivity index (χ4n) is 1.38. The zero-order chi connectivity index (χ0) is 10.2. The first-order valence-corrected chi connectivity index (χ1v) is 4.16. The summed E-state index contributed by atoms with van der Waals surface area (Å²) in [4.78, 5) is 14.6. The zero-order valence-electron chi connectivity index (χ0n) is 7.58. The van der Waals surface area contributed by atoms with E-state index < -0.39 is 17.4 Å². The van der Waals surface area contributed by atoms with Crippen molar-refractivity contribution in [3.05, 3.63) is 29.8 Å². The molecular formula is C9H9FN2O2. The lowest BCUT2D eigenvalue weighted by Crippen LogP contribution is -2.37. The number of ether oxygens (including phenoxy) is 1. The van der Waals surface area contributed by atoms with Gasteiger partial charge >= 0.3 is 6.09 Å². The molecule has 5 heteroatoms. The molecule has 1 aromatic heterocycles. The van der Waals surface area contributed by atoms with E-state index in [1.807, 2.05) is 0 Å². The number of carbonyl (C=O) groups excluding carboxylic acids is 1. The molecule has 1 unspecified atom stereocenters. The van der Waals surface area contributed by atoms with Gasteiger partial charge < -0.3 is 10.1 Å². The Balaban J connectivity index is 2.34. The van der Waals surface area contributed by atoms with E-state index >= 15 is 0 Å².